The van der Waals surface area contributed by atoms with E-state index >= 15 is 0 Å². The number of ether oxygens (including phenoxy) is 1. The third-order valence-corrected chi connectivity index (χ3v) is 3.11. The van der Waals surface area contributed by atoms with Gasteiger partial charge in [-0.3, -0.25) is 0 Å². The molecule has 0 fully saturated rings. The molecule has 0 aromatic carbocycles. The summed E-state index contributed by atoms with van der Waals surface area (Å²) in [6.07, 6.45) is 3.09. The number of hydrogen-bond acceptors (Lipinski definition) is 2. The summed E-state index contributed by atoms with van der Waals surface area (Å²) in [5, 5.41) is 0. The van der Waals surface area contributed by atoms with E-state index in [1.165, 1.54) is 0 Å². The van der Waals surface area contributed by atoms with Gasteiger partial charge in [0.2, 0.25) is 0 Å². The molecule has 0 heterocycles. The van der Waals surface area contributed by atoms with Gasteiger partial charge in [0, 0.05) is 11.6 Å². The van der Waals surface area contributed by atoms with Gasteiger partial charge in [0.05, 0.1) is 6.61 Å². The van der Waals surface area contributed by atoms with Crippen LogP contribution in [0.25, 0.3) is 0 Å². The minimum Gasteiger partial charge on any atom is -0.462 e. The molecule has 0 atom stereocenters. The predicted molar refractivity (Wildman–Crippen MR) is 62.7 cm³/mol. The molecule has 0 N–H and O–H groups in total. The fraction of sp³-hybridized carbons (Fsp3) is 0.727. The molecule has 0 amide bonds. The van der Waals surface area contributed by atoms with Crippen LogP contribution in [0.4, 0.5) is 12.3 Å². The lowest BCUT2D eigenvalue weighted by atomic mass is 10.2. The Morgan fingerprint density at radius 3 is 2.18 bits per heavy atom. The second-order valence-electron chi connectivity index (χ2n) is 4.05. The number of esters is 1. The van der Waals surface area contributed by atoms with Gasteiger partial charge in [-0.1, -0.05) is 25.8 Å². The lowest BCUT2D eigenvalue weighted by molar-refractivity contribution is -0.139. The minimum atomic E-state index is -5.34. The van der Waals surface area contributed by atoms with Gasteiger partial charge in [0.15, 0.2) is 0 Å². The van der Waals surface area contributed by atoms with Gasteiger partial charge in [-0.2, -0.15) is 0 Å². The van der Waals surface area contributed by atoms with Gasteiger partial charge in [-0.15, -0.1) is 0 Å². The van der Waals surface area contributed by atoms with E-state index in [1.54, 1.807) is 6.92 Å². The van der Waals surface area contributed by atoms with Crippen LogP contribution < -0.4 is 0 Å². The molecule has 0 aliphatic heterocycles. The smallest absolute Gasteiger partial charge is 0.462 e. The van der Waals surface area contributed by atoms with Crippen molar-refractivity contribution in [3.8, 4) is 0 Å². The molecule has 0 spiro atoms. The Kier molecular flexibility index (Phi) is 7.94. The third kappa shape index (κ3) is 11.5. The Bertz CT molecular complexity index is 252. The molecule has 17 heavy (non-hydrogen) atoms. The molecule has 0 aromatic heterocycles. The van der Waals surface area contributed by atoms with Gasteiger partial charge in [0.25, 0.3) is 0 Å². The Morgan fingerprint density at radius 1 is 1.12 bits per heavy atom. The first kappa shape index (κ1) is 16.2. The number of carbonyl (C=O) groups excluding carboxylic acids is 1. The van der Waals surface area contributed by atoms with E-state index in [2.05, 4.69) is 6.58 Å². The average Bonchev–Trinajstić information content (AvgIpc) is 2.19. The van der Waals surface area contributed by atoms with E-state index in [0.29, 0.717) is 25.0 Å². The zero-order chi connectivity index (χ0) is 13.3. The molecular weight excluding hydrogens is 249 g/mol. The Labute approximate surface area is 101 Å². The zero-order valence-electron chi connectivity index (χ0n) is 10.1. The van der Waals surface area contributed by atoms with Crippen LogP contribution >= 0.6 is 0 Å². The van der Waals surface area contributed by atoms with Crippen LogP contribution in [0.1, 0.15) is 39.0 Å². The zero-order valence-corrected chi connectivity index (χ0v) is 11.1. The molecule has 0 aromatic rings. The fourth-order valence-corrected chi connectivity index (χ4v) is 1.90. The number of hydrogen-bond donors (Lipinski definition) is 0. The lowest BCUT2D eigenvalue weighted by Gasteiger charge is -2.04. The summed E-state index contributed by atoms with van der Waals surface area (Å²) in [5.41, 5.74) is 0.361. The maximum absolute atomic E-state index is 11.9. The lowest BCUT2D eigenvalue weighted by Crippen LogP contribution is -2.13. The van der Waals surface area contributed by atoms with Gasteiger partial charge in [-0.05, 0) is 19.8 Å². The Hall–Kier alpha value is -0.783. The van der Waals surface area contributed by atoms with Crippen LogP contribution in [0, 0.1) is 0 Å². The Morgan fingerprint density at radius 2 is 1.65 bits per heavy atom. The van der Waals surface area contributed by atoms with Crippen LogP contribution in [0.2, 0.25) is 6.04 Å². The third-order valence-electron chi connectivity index (χ3n) is 2.19. The molecular formula is C11H19F3O2Si. The number of rotatable bonds is 9. The summed E-state index contributed by atoms with van der Waals surface area (Å²) in [4.78, 5) is 10.9. The molecule has 0 saturated carbocycles. The SMILES string of the molecule is C=C(C)C(=O)OCCCCCCC[Si](F)(F)F. The highest BCUT2D eigenvalue weighted by molar-refractivity contribution is 6.58. The van der Waals surface area contributed by atoms with Crippen LogP contribution in [0.3, 0.4) is 0 Å². The van der Waals surface area contributed by atoms with Crippen LogP contribution in [0.15, 0.2) is 12.2 Å². The van der Waals surface area contributed by atoms with E-state index < -0.39 is 21.1 Å². The quantitative estimate of drug-likeness (QED) is 0.208. The molecule has 0 aliphatic rings. The van der Waals surface area contributed by atoms with Gasteiger partial charge >= 0.3 is 15.0 Å². The van der Waals surface area contributed by atoms with Crippen molar-refractivity contribution >= 4 is 15.0 Å². The van der Waals surface area contributed by atoms with Crippen molar-refractivity contribution in [2.24, 2.45) is 0 Å². The maximum Gasteiger partial charge on any atom is 0.616 e. The summed E-state index contributed by atoms with van der Waals surface area (Å²) in [6, 6.07) is -0.572. The first-order valence-electron chi connectivity index (χ1n) is 5.72. The summed E-state index contributed by atoms with van der Waals surface area (Å²) >= 11 is 0. The number of unbranched alkanes of at least 4 members (excludes halogenated alkanes) is 4. The van der Waals surface area contributed by atoms with E-state index in [9.17, 15) is 17.1 Å². The number of halogens is 3. The monoisotopic (exact) mass is 268 g/mol. The van der Waals surface area contributed by atoms with Crippen molar-refractivity contribution in [1.82, 2.24) is 0 Å². The standard InChI is InChI=1S/C11H19F3O2Si/c1-10(2)11(15)16-8-6-4-3-5-7-9-17(12,13)14/h1,3-9H2,2H3. The van der Waals surface area contributed by atoms with Crippen molar-refractivity contribution in [2.45, 2.75) is 45.1 Å². The summed E-state index contributed by atoms with van der Waals surface area (Å²) < 4.78 is 40.6. The topological polar surface area (TPSA) is 26.3 Å². The predicted octanol–water partition coefficient (Wildman–Crippen LogP) is 3.90. The van der Waals surface area contributed by atoms with Crippen molar-refractivity contribution in [3.05, 3.63) is 12.2 Å². The molecule has 2 nitrogen and oxygen atoms in total. The highest BCUT2D eigenvalue weighted by Gasteiger charge is 2.35. The summed E-state index contributed by atoms with van der Waals surface area (Å²) in [6.45, 7) is 5.33. The van der Waals surface area contributed by atoms with Gasteiger partial charge in [-0.25, -0.2) is 17.1 Å². The molecule has 0 unspecified atom stereocenters. The van der Waals surface area contributed by atoms with E-state index in [1.807, 2.05) is 0 Å². The second kappa shape index (κ2) is 8.33. The average molecular weight is 268 g/mol. The van der Waals surface area contributed by atoms with Crippen molar-refractivity contribution in [2.75, 3.05) is 6.61 Å². The maximum atomic E-state index is 11.9. The largest absolute Gasteiger partial charge is 0.616 e. The fourth-order valence-electron chi connectivity index (χ4n) is 1.25. The molecule has 100 valence electrons. The highest BCUT2D eigenvalue weighted by Crippen LogP contribution is 2.19. The minimum absolute atomic E-state index is 0.237. The van der Waals surface area contributed by atoms with Crippen molar-refractivity contribution < 1.29 is 21.9 Å². The first-order chi connectivity index (χ1) is 7.83. The molecule has 0 aliphatic carbocycles. The number of carbonyl (C=O) groups is 1. The van der Waals surface area contributed by atoms with Gasteiger partial charge in [0.1, 0.15) is 0 Å². The van der Waals surface area contributed by atoms with Crippen LogP contribution in [-0.4, -0.2) is 21.7 Å². The van der Waals surface area contributed by atoms with Crippen molar-refractivity contribution in [1.29, 1.82) is 0 Å². The Balaban J connectivity index is 3.25. The molecule has 0 bridgehead atoms. The van der Waals surface area contributed by atoms with E-state index in [4.69, 9.17) is 4.74 Å². The molecule has 0 saturated heterocycles. The van der Waals surface area contributed by atoms with E-state index in [-0.39, 0.29) is 6.42 Å². The normalized spacial score (nSPS) is 11.3. The van der Waals surface area contributed by atoms with Crippen molar-refractivity contribution in [3.63, 3.8) is 0 Å². The van der Waals surface area contributed by atoms with Crippen LogP contribution in [0.5, 0.6) is 0 Å². The molecule has 0 rings (SSSR count). The van der Waals surface area contributed by atoms with Gasteiger partial charge < -0.3 is 4.74 Å². The molecule has 6 heteroatoms. The van der Waals surface area contributed by atoms with Crippen LogP contribution in [-0.2, 0) is 9.53 Å². The second-order valence-corrected chi connectivity index (χ2v) is 5.78. The first-order valence-corrected chi connectivity index (χ1v) is 7.56. The summed E-state index contributed by atoms with van der Waals surface area (Å²) in [5.74, 6) is -0.409. The highest BCUT2D eigenvalue weighted by atomic mass is 28.5. The van der Waals surface area contributed by atoms with E-state index in [0.717, 1.165) is 12.8 Å². The summed E-state index contributed by atoms with van der Waals surface area (Å²) in [7, 11) is -5.34. The molecule has 0 radical (unpaired) electrons.